The first-order valence-corrected chi connectivity index (χ1v) is 5.63. The first-order chi connectivity index (χ1) is 7.10. The SMILES string of the molecule is CCN(CC)C(=O)c1cc(F)ccc1Br. The highest BCUT2D eigenvalue weighted by Crippen LogP contribution is 2.19. The van der Waals surface area contributed by atoms with Gasteiger partial charge in [0.25, 0.3) is 5.91 Å². The molecule has 0 heterocycles. The van der Waals surface area contributed by atoms with Gasteiger partial charge in [0.1, 0.15) is 5.82 Å². The maximum absolute atomic E-state index is 13.0. The molecule has 1 aromatic rings. The Bertz CT molecular complexity index is 364. The van der Waals surface area contributed by atoms with Gasteiger partial charge in [0.2, 0.25) is 0 Å². The maximum atomic E-state index is 13.0. The van der Waals surface area contributed by atoms with Crippen LogP contribution in [-0.2, 0) is 0 Å². The van der Waals surface area contributed by atoms with Gasteiger partial charge in [-0.05, 0) is 48.0 Å². The second-order valence-corrected chi connectivity index (χ2v) is 3.96. The second kappa shape index (κ2) is 5.26. The first-order valence-electron chi connectivity index (χ1n) is 4.84. The summed E-state index contributed by atoms with van der Waals surface area (Å²) in [4.78, 5) is 13.6. The smallest absolute Gasteiger partial charge is 0.255 e. The van der Waals surface area contributed by atoms with Crippen LogP contribution in [0.4, 0.5) is 4.39 Å². The second-order valence-electron chi connectivity index (χ2n) is 3.10. The van der Waals surface area contributed by atoms with Crippen molar-refractivity contribution in [3.8, 4) is 0 Å². The molecule has 0 saturated heterocycles. The van der Waals surface area contributed by atoms with Gasteiger partial charge in [0.15, 0.2) is 0 Å². The molecule has 2 nitrogen and oxygen atoms in total. The summed E-state index contributed by atoms with van der Waals surface area (Å²) >= 11 is 3.24. The van der Waals surface area contributed by atoms with E-state index < -0.39 is 5.82 Å². The average Bonchev–Trinajstić information content (AvgIpc) is 2.23. The van der Waals surface area contributed by atoms with Crippen molar-refractivity contribution in [1.29, 1.82) is 0 Å². The zero-order valence-corrected chi connectivity index (χ0v) is 10.3. The van der Waals surface area contributed by atoms with Crippen LogP contribution in [0.3, 0.4) is 0 Å². The fourth-order valence-electron chi connectivity index (χ4n) is 1.34. The minimum absolute atomic E-state index is 0.147. The molecule has 0 aliphatic rings. The zero-order chi connectivity index (χ0) is 11.4. The van der Waals surface area contributed by atoms with Crippen molar-refractivity contribution < 1.29 is 9.18 Å². The number of carbonyl (C=O) groups excluding carboxylic acids is 1. The standard InChI is InChI=1S/C11H13BrFNO/c1-3-14(4-2)11(15)9-7-8(13)5-6-10(9)12/h5-7H,3-4H2,1-2H3. The Labute approximate surface area is 97.2 Å². The topological polar surface area (TPSA) is 20.3 Å². The van der Waals surface area contributed by atoms with Gasteiger partial charge in [-0.25, -0.2) is 4.39 Å². The lowest BCUT2D eigenvalue weighted by atomic mass is 10.2. The van der Waals surface area contributed by atoms with Crippen molar-refractivity contribution in [3.63, 3.8) is 0 Å². The molecule has 0 bridgehead atoms. The molecule has 0 spiro atoms. The van der Waals surface area contributed by atoms with Crippen LogP contribution in [0.2, 0.25) is 0 Å². The molecule has 1 rings (SSSR count). The first kappa shape index (κ1) is 12.2. The minimum Gasteiger partial charge on any atom is -0.339 e. The van der Waals surface area contributed by atoms with E-state index in [4.69, 9.17) is 0 Å². The molecule has 0 unspecified atom stereocenters. The third kappa shape index (κ3) is 2.78. The highest BCUT2D eigenvalue weighted by molar-refractivity contribution is 9.10. The summed E-state index contributed by atoms with van der Waals surface area (Å²) < 4.78 is 13.6. The summed E-state index contributed by atoms with van der Waals surface area (Å²) in [5, 5.41) is 0. The summed E-state index contributed by atoms with van der Waals surface area (Å²) in [6, 6.07) is 4.12. The number of amides is 1. The zero-order valence-electron chi connectivity index (χ0n) is 8.76. The van der Waals surface area contributed by atoms with Crippen molar-refractivity contribution in [2.75, 3.05) is 13.1 Å². The van der Waals surface area contributed by atoms with Crippen LogP contribution in [-0.4, -0.2) is 23.9 Å². The van der Waals surface area contributed by atoms with E-state index in [0.29, 0.717) is 23.1 Å². The van der Waals surface area contributed by atoms with Crippen molar-refractivity contribution >= 4 is 21.8 Å². The number of rotatable bonds is 3. The minimum atomic E-state index is -0.395. The lowest BCUT2D eigenvalue weighted by Gasteiger charge is -2.19. The lowest BCUT2D eigenvalue weighted by molar-refractivity contribution is 0.0771. The number of hydrogen-bond donors (Lipinski definition) is 0. The predicted octanol–water partition coefficient (Wildman–Crippen LogP) is 3.07. The van der Waals surface area contributed by atoms with Gasteiger partial charge in [-0.3, -0.25) is 4.79 Å². The Morgan fingerprint density at radius 1 is 1.40 bits per heavy atom. The van der Waals surface area contributed by atoms with E-state index >= 15 is 0 Å². The highest BCUT2D eigenvalue weighted by atomic mass is 79.9. The molecule has 15 heavy (non-hydrogen) atoms. The normalized spacial score (nSPS) is 10.1. The third-order valence-corrected chi connectivity index (χ3v) is 2.90. The monoisotopic (exact) mass is 273 g/mol. The van der Waals surface area contributed by atoms with Crippen molar-refractivity contribution in [3.05, 3.63) is 34.1 Å². The van der Waals surface area contributed by atoms with E-state index in [2.05, 4.69) is 15.9 Å². The number of hydrogen-bond acceptors (Lipinski definition) is 1. The van der Waals surface area contributed by atoms with Gasteiger partial charge in [-0.2, -0.15) is 0 Å². The predicted molar refractivity (Wildman–Crippen MR) is 61.4 cm³/mol. The van der Waals surface area contributed by atoms with E-state index in [0.717, 1.165) is 0 Å². The molecule has 82 valence electrons. The summed E-state index contributed by atoms with van der Waals surface area (Å²) in [7, 11) is 0. The van der Waals surface area contributed by atoms with Crippen LogP contribution in [0.25, 0.3) is 0 Å². The van der Waals surface area contributed by atoms with Crippen LogP contribution < -0.4 is 0 Å². The Balaban J connectivity index is 3.04. The number of halogens is 2. The largest absolute Gasteiger partial charge is 0.339 e. The molecule has 4 heteroatoms. The van der Waals surface area contributed by atoms with Crippen LogP contribution in [0.15, 0.2) is 22.7 Å². The molecule has 1 amide bonds. The van der Waals surface area contributed by atoms with Crippen LogP contribution in [0, 0.1) is 5.82 Å². The number of benzene rings is 1. The van der Waals surface area contributed by atoms with Crippen LogP contribution in [0.1, 0.15) is 24.2 Å². The molecule has 0 N–H and O–H groups in total. The molecule has 0 fully saturated rings. The van der Waals surface area contributed by atoms with Crippen molar-refractivity contribution in [2.45, 2.75) is 13.8 Å². The molecule has 0 saturated carbocycles. The van der Waals surface area contributed by atoms with Gasteiger partial charge in [0, 0.05) is 17.6 Å². The van der Waals surface area contributed by atoms with E-state index in [-0.39, 0.29) is 5.91 Å². The van der Waals surface area contributed by atoms with E-state index in [1.807, 2.05) is 13.8 Å². The number of nitrogens with zero attached hydrogens (tertiary/aromatic N) is 1. The quantitative estimate of drug-likeness (QED) is 0.829. The fourth-order valence-corrected chi connectivity index (χ4v) is 1.76. The Hall–Kier alpha value is -0.900. The van der Waals surface area contributed by atoms with Gasteiger partial charge in [-0.1, -0.05) is 0 Å². The van der Waals surface area contributed by atoms with Gasteiger partial charge in [0.05, 0.1) is 5.56 Å². The molecular formula is C11H13BrFNO. The molecule has 0 atom stereocenters. The summed E-state index contributed by atoms with van der Waals surface area (Å²) in [6.45, 7) is 5.04. The van der Waals surface area contributed by atoms with Crippen molar-refractivity contribution in [1.82, 2.24) is 4.90 Å². The van der Waals surface area contributed by atoms with Crippen molar-refractivity contribution in [2.24, 2.45) is 0 Å². The summed E-state index contributed by atoms with van der Waals surface area (Å²) in [6.07, 6.45) is 0. The molecule has 0 aromatic heterocycles. The average molecular weight is 274 g/mol. The van der Waals surface area contributed by atoms with E-state index in [1.54, 1.807) is 11.0 Å². The Morgan fingerprint density at radius 3 is 2.53 bits per heavy atom. The van der Waals surface area contributed by atoms with E-state index in [1.165, 1.54) is 12.1 Å². The molecular weight excluding hydrogens is 261 g/mol. The molecule has 0 aliphatic carbocycles. The Morgan fingerprint density at radius 2 is 2.00 bits per heavy atom. The lowest BCUT2D eigenvalue weighted by Crippen LogP contribution is -2.30. The van der Waals surface area contributed by atoms with Crippen LogP contribution >= 0.6 is 15.9 Å². The van der Waals surface area contributed by atoms with Gasteiger partial charge < -0.3 is 4.90 Å². The summed E-state index contributed by atoms with van der Waals surface area (Å²) in [5.74, 6) is -0.542. The summed E-state index contributed by atoms with van der Waals surface area (Å²) in [5.41, 5.74) is 0.374. The Kier molecular flexibility index (Phi) is 4.27. The molecule has 0 radical (unpaired) electrons. The van der Waals surface area contributed by atoms with Gasteiger partial charge in [-0.15, -0.1) is 0 Å². The highest BCUT2D eigenvalue weighted by Gasteiger charge is 2.15. The molecule has 1 aromatic carbocycles. The number of carbonyl (C=O) groups is 1. The van der Waals surface area contributed by atoms with E-state index in [9.17, 15) is 9.18 Å². The molecule has 0 aliphatic heterocycles. The van der Waals surface area contributed by atoms with Gasteiger partial charge >= 0.3 is 0 Å². The third-order valence-electron chi connectivity index (χ3n) is 2.21. The maximum Gasteiger partial charge on any atom is 0.255 e. The fraction of sp³-hybridized carbons (Fsp3) is 0.364. The van der Waals surface area contributed by atoms with Crippen LogP contribution in [0.5, 0.6) is 0 Å².